The fourth-order valence-electron chi connectivity index (χ4n) is 4.02. The maximum absolute atomic E-state index is 12.7. The van der Waals surface area contributed by atoms with Crippen molar-refractivity contribution in [2.75, 3.05) is 11.4 Å². The molecule has 1 saturated carbocycles. The summed E-state index contributed by atoms with van der Waals surface area (Å²) in [5.74, 6) is 0.693. The van der Waals surface area contributed by atoms with E-state index in [4.69, 9.17) is 4.74 Å². The Morgan fingerprint density at radius 2 is 1.90 bits per heavy atom. The molecule has 1 aromatic heterocycles. The summed E-state index contributed by atoms with van der Waals surface area (Å²) in [6.07, 6.45) is 6.01. The third kappa shape index (κ3) is 4.96. The molecule has 0 spiro atoms. The van der Waals surface area contributed by atoms with Gasteiger partial charge in [0.1, 0.15) is 11.4 Å². The van der Waals surface area contributed by atoms with Gasteiger partial charge in [0.25, 0.3) is 0 Å². The summed E-state index contributed by atoms with van der Waals surface area (Å²) in [5.41, 5.74) is 2.06. The molecule has 5 heteroatoms. The van der Waals surface area contributed by atoms with Crippen LogP contribution in [0.2, 0.25) is 0 Å². The third-order valence-corrected chi connectivity index (χ3v) is 5.50. The highest BCUT2D eigenvalue weighted by atomic mass is 16.6. The van der Waals surface area contributed by atoms with E-state index in [9.17, 15) is 4.79 Å². The van der Waals surface area contributed by atoms with E-state index in [0.29, 0.717) is 11.9 Å². The van der Waals surface area contributed by atoms with Crippen molar-refractivity contribution >= 4 is 11.9 Å². The van der Waals surface area contributed by atoms with Crippen LogP contribution in [0.15, 0.2) is 48.7 Å². The highest BCUT2D eigenvalue weighted by molar-refractivity contribution is 5.88. The monoisotopic (exact) mass is 393 g/mol. The third-order valence-electron chi connectivity index (χ3n) is 5.50. The van der Waals surface area contributed by atoms with E-state index in [1.54, 1.807) is 4.90 Å². The molecule has 0 radical (unpaired) electrons. The minimum Gasteiger partial charge on any atom is -0.443 e. The number of rotatable bonds is 5. The van der Waals surface area contributed by atoms with Gasteiger partial charge in [-0.2, -0.15) is 0 Å². The maximum Gasteiger partial charge on any atom is 0.416 e. The highest BCUT2D eigenvalue weighted by Gasteiger charge is 2.37. The zero-order valence-electron chi connectivity index (χ0n) is 17.7. The number of anilines is 1. The molecule has 2 heterocycles. The second-order valence-corrected chi connectivity index (χ2v) is 9.15. The zero-order valence-corrected chi connectivity index (χ0v) is 17.7. The van der Waals surface area contributed by atoms with Crippen LogP contribution in [0.3, 0.4) is 0 Å². The van der Waals surface area contributed by atoms with Gasteiger partial charge in [-0.1, -0.05) is 36.4 Å². The Morgan fingerprint density at radius 3 is 2.52 bits per heavy atom. The van der Waals surface area contributed by atoms with Gasteiger partial charge >= 0.3 is 6.09 Å². The van der Waals surface area contributed by atoms with Crippen molar-refractivity contribution in [1.29, 1.82) is 0 Å². The standard InChI is InChI=1S/C24H31N3O2/c1-24(2,3)29-23(28)27(20-12-13-20)22-14-11-19(16-25-22)21-10-7-15-26(21)17-18-8-5-4-6-9-18/h4-6,8-9,11,14,16,20-21H,7,10,12-13,15,17H2,1-3H3. The molecule has 4 rings (SSSR count). The Balaban J connectivity index is 1.48. The van der Waals surface area contributed by atoms with Gasteiger partial charge in [0, 0.05) is 24.8 Å². The van der Waals surface area contributed by atoms with Crippen LogP contribution in [-0.4, -0.2) is 34.2 Å². The van der Waals surface area contributed by atoms with E-state index in [0.717, 1.165) is 32.4 Å². The summed E-state index contributed by atoms with van der Waals surface area (Å²) >= 11 is 0. The predicted octanol–water partition coefficient (Wildman–Crippen LogP) is 5.32. The van der Waals surface area contributed by atoms with Crippen molar-refractivity contribution in [1.82, 2.24) is 9.88 Å². The van der Waals surface area contributed by atoms with Crippen molar-refractivity contribution < 1.29 is 9.53 Å². The summed E-state index contributed by atoms with van der Waals surface area (Å²) in [7, 11) is 0. The lowest BCUT2D eigenvalue weighted by atomic mass is 10.1. The number of benzene rings is 1. The highest BCUT2D eigenvalue weighted by Crippen LogP contribution is 2.35. The molecule has 5 nitrogen and oxygen atoms in total. The number of likely N-dealkylation sites (tertiary alicyclic amines) is 1. The van der Waals surface area contributed by atoms with Crippen LogP contribution >= 0.6 is 0 Å². The lowest BCUT2D eigenvalue weighted by Gasteiger charge is -2.28. The molecule has 1 unspecified atom stereocenters. The van der Waals surface area contributed by atoms with Crippen molar-refractivity contribution in [3.63, 3.8) is 0 Å². The number of nitrogens with zero attached hydrogens (tertiary/aromatic N) is 3. The molecule has 2 aromatic rings. The smallest absolute Gasteiger partial charge is 0.416 e. The van der Waals surface area contributed by atoms with Gasteiger partial charge in [0.2, 0.25) is 0 Å². The molecule has 1 atom stereocenters. The summed E-state index contributed by atoms with van der Waals surface area (Å²) < 4.78 is 5.61. The van der Waals surface area contributed by atoms with E-state index in [1.165, 1.54) is 17.5 Å². The number of hydrogen-bond donors (Lipinski definition) is 0. The first-order valence-electron chi connectivity index (χ1n) is 10.7. The molecule has 1 aliphatic carbocycles. The normalized spacial score (nSPS) is 19.9. The topological polar surface area (TPSA) is 45.7 Å². The predicted molar refractivity (Wildman–Crippen MR) is 115 cm³/mol. The summed E-state index contributed by atoms with van der Waals surface area (Å²) in [5, 5.41) is 0. The van der Waals surface area contributed by atoms with Gasteiger partial charge in [0.15, 0.2) is 0 Å². The Bertz CT molecular complexity index is 825. The van der Waals surface area contributed by atoms with Crippen molar-refractivity contribution in [2.45, 2.75) is 70.7 Å². The second-order valence-electron chi connectivity index (χ2n) is 9.15. The van der Waals surface area contributed by atoms with Gasteiger partial charge < -0.3 is 4.74 Å². The van der Waals surface area contributed by atoms with Gasteiger partial charge in [0.05, 0.1) is 0 Å². The number of ether oxygens (including phenoxy) is 1. The van der Waals surface area contributed by atoms with Crippen molar-refractivity contribution in [3.05, 3.63) is 59.8 Å². The van der Waals surface area contributed by atoms with Crippen molar-refractivity contribution in [3.8, 4) is 0 Å². The minimum atomic E-state index is -0.508. The van der Waals surface area contributed by atoms with Crippen LogP contribution in [0.1, 0.15) is 63.6 Å². The van der Waals surface area contributed by atoms with Crippen LogP contribution < -0.4 is 4.90 Å². The fourth-order valence-corrected chi connectivity index (χ4v) is 4.02. The first-order chi connectivity index (χ1) is 13.9. The number of carbonyl (C=O) groups is 1. The number of hydrogen-bond acceptors (Lipinski definition) is 4. The van der Waals surface area contributed by atoms with E-state index in [-0.39, 0.29) is 12.1 Å². The Hall–Kier alpha value is -2.40. The van der Waals surface area contributed by atoms with Crippen molar-refractivity contribution in [2.24, 2.45) is 0 Å². The van der Waals surface area contributed by atoms with Crippen LogP contribution in [0, 0.1) is 0 Å². The van der Waals surface area contributed by atoms with Crippen LogP contribution in [0.4, 0.5) is 10.6 Å². The molecule has 154 valence electrons. The summed E-state index contributed by atoms with van der Waals surface area (Å²) in [6, 6.07) is 15.3. The number of amides is 1. The molecular weight excluding hydrogens is 362 g/mol. The Morgan fingerprint density at radius 1 is 1.14 bits per heavy atom. The van der Waals surface area contributed by atoms with E-state index in [1.807, 2.05) is 33.0 Å². The molecule has 1 aromatic carbocycles. The fraction of sp³-hybridized carbons (Fsp3) is 0.500. The minimum absolute atomic E-state index is 0.212. The van der Waals surface area contributed by atoms with Crippen LogP contribution in [0.5, 0.6) is 0 Å². The lowest BCUT2D eigenvalue weighted by Crippen LogP contribution is -2.38. The lowest BCUT2D eigenvalue weighted by molar-refractivity contribution is 0.0576. The maximum atomic E-state index is 12.7. The zero-order chi connectivity index (χ0) is 20.4. The van der Waals surface area contributed by atoms with Crippen LogP contribution in [0.25, 0.3) is 0 Å². The molecule has 0 N–H and O–H groups in total. The number of carbonyl (C=O) groups excluding carboxylic acids is 1. The summed E-state index contributed by atoms with van der Waals surface area (Å²) in [6.45, 7) is 7.75. The molecule has 2 aliphatic rings. The average molecular weight is 394 g/mol. The van der Waals surface area contributed by atoms with Gasteiger partial charge in [-0.05, 0) is 70.2 Å². The molecular formula is C24H31N3O2. The molecule has 1 amide bonds. The number of aromatic nitrogens is 1. The van der Waals surface area contributed by atoms with Gasteiger partial charge in [-0.25, -0.2) is 9.78 Å². The molecule has 1 aliphatic heterocycles. The first-order valence-corrected chi connectivity index (χ1v) is 10.7. The first kappa shape index (κ1) is 19.9. The molecule has 2 fully saturated rings. The Kier molecular flexibility index (Phi) is 5.59. The Labute approximate surface area is 173 Å². The second kappa shape index (κ2) is 8.15. The largest absolute Gasteiger partial charge is 0.443 e. The van der Waals surface area contributed by atoms with E-state index < -0.39 is 5.60 Å². The quantitative estimate of drug-likeness (QED) is 0.689. The SMILES string of the molecule is CC(C)(C)OC(=O)N(c1ccc(C2CCCN2Cc2ccccc2)cn1)C1CC1. The molecule has 29 heavy (non-hydrogen) atoms. The molecule has 1 saturated heterocycles. The number of pyridine rings is 1. The van der Waals surface area contributed by atoms with E-state index >= 15 is 0 Å². The van der Waals surface area contributed by atoms with Crippen LogP contribution in [-0.2, 0) is 11.3 Å². The summed E-state index contributed by atoms with van der Waals surface area (Å²) in [4.78, 5) is 21.6. The van der Waals surface area contributed by atoms with E-state index in [2.05, 4.69) is 46.3 Å². The van der Waals surface area contributed by atoms with Gasteiger partial charge in [-0.15, -0.1) is 0 Å². The van der Waals surface area contributed by atoms with Gasteiger partial charge in [-0.3, -0.25) is 9.80 Å². The molecule has 0 bridgehead atoms. The average Bonchev–Trinajstić information content (AvgIpc) is 3.40.